The van der Waals surface area contributed by atoms with Crippen molar-refractivity contribution in [3.05, 3.63) is 29.3 Å². The maximum Gasteiger partial charge on any atom is 0.256 e. The summed E-state index contributed by atoms with van der Waals surface area (Å²) in [6.45, 7) is 2.65. The molecule has 5 heteroatoms. The Balaban J connectivity index is 2.31. The van der Waals surface area contributed by atoms with Gasteiger partial charge in [-0.3, -0.25) is 4.79 Å². The summed E-state index contributed by atoms with van der Waals surface area (Å²) in [7, 11) is 0. The Morgan fingerprint density at radius 1 is 1.44 bits per heavy atom. The monoisotopic (exact) mass is 254 g/mol. The van der Waals surface area contributed by atoms with E-state index in [1.807, 2.05) is 6.92 Å². The Morgan fingerprint density at radius 3 is 2.78 bits per heavy atom. The number of carbonyl (C=O) groups excluding carboxylic acids is 1. The number of nitrogens with two attached hydrogens (primary N) is 1. The molecule has 1 heterocycles. The molecule has 3 nitrogen and oxygen atoms in total. The van der Waals surface area contributed by atoms with Crippen LogP contribution >= 0.6 is 0 Å². The Labute approximate surface area is 105 Å². The summed E-state index contributed by atoms with van der Waals surface area (Å²) in [5.41, 5.74) is 5.63. The maximum atomic E-state index is 13.2. The summed E-state index contributed by atoms with van der Waals surface area (Å²) in [5.74, 6) is -2.38. The topological polar surface area (TPSA) is 46.3 Å². The van der Waals surface area contributed by atoms with Gasteiger partial charge in [0.1, 0.15) is 0 Å². The Morgan fingerprint density at radius 2 is 2.11 bits per heavy atom. The molecule has 1 saturated heterocycles. The Kier molecular flexibility index (Phi) is 3.50. The van der Waals surface area contributed by atoms with Crippen LogP contribution in [0.1, 0.15) is 36.5 Å². The van der Waals surface area contributed by atoms with Crippen LogP contribution in [0, 0.1) is 11.6 Å². The van der Waals surface area contributed by atoms with Gasteiger partial charge in [-0.2, -0.15) is 0 Å². The van der Waals surface area contributed by atoms with E-state index < -0.39 is 11.6 Å². The summed E-state index contributed by atoms with van der Waals surface area (Å²) in [6.07, 6.45) is 2.75. The number of carbonyl (C=O) groups is 1. The SMILES string of the molecule is CCC1CCCN1C(=O)c1cc(F)c(F)cc1N. The minimum Gasteiger partial charge on any atom is -0.398 e. The first kappa shape index (κ1) is 12.8. The van der Waals surface area contributed by atoms with E-state index in [0.717, 1.165) is 31.4 Å². The molecule has 1 aromatic rings. The third-order valence-electron chi connectivity index (χ3n) is 3.43. The highest BCUT2D eigenvalue weighted by Crippen LogP contribution is 2.25. The number of likely N-dealkylation sites (tertiary alicyclic amines) is 1. The van der Waals surface area contributed by atoms with Crippen LogP contribution in [0.15, 0.2) is 12.1 Å². The van der Waals surface area contributed by atoms with Gasteiger partial charge in [0.15, 0.2) is 11.6 Å². The molecule has 1 unspecified atom stereocenters. The molecule has 0 spiro atoms. The van der Waals surface area contributed by atoms with Gasteiger partial charge in [0.25, 0.3) is 5.91 Å². The van der Waals surface area contributed by atoms with Crippen LogP contribution in [0.5, 0.6) is 0 Å². The van der Waals surface area contributed by atoms with Crippen LogP contribution in [0.3, 0.4) is 0 Å². The van der Waals surface area contributed by atoms with Crippen molar-refractivity contribution in [2.45, 2.75) is 32.2 Å². The molecule has 1 atom stereocenters. The number of nitrogens with zero attached hydrogens (tertiary/aromatic N) is 1. The largest absolute Gasteiger partial charge is 0.398 e. The van der Waals surface area contributed by atoms with Crippen LogP contribution in [-0.4, -0.2) is 23.4 Å². The van der Waals surface area contributed by atoms with Crippen molar-refractivity contribution in [2.24, 2.45) is 0 Å². The predicted molar refractivity (Wildman–Crippen MR) is 65.1 cm³/mol. The van der Waals surface area contributed by atoms with Gasteiger partial charge in [-0.25, -0.2) is 8.78 Å². The average molecular weight is 254 g/mol. The number of anilines is 1. The van der Waals surface area contributed by atoms with E-state index in [1.54, 1.807) is 4.90 Å². The fourth-order valence-corrected chi connectivity index (χ4v) is 2.43. The molecule has 0 bridgehead atoms. The molecule has 2 N–H and O–H groups in total. The van der Waals surface area contributed by atoms with Gasteiger partial charge >= 0.3 is 0 Å². The molecule has 0 radical (unpaired) electrons. The summed E-state index contributed by atoms with van der Waals surface area (Å²) < 4.78 is 26.1. The maximum absolute atomic E-state index is 13.2. The van der Waals surface area contributed by atoms with Gasteiger partial charge < -0.3 is 10.6 Å². The van der Waals surface area contributed by atoms with E-state index >= 15 is 0 Å². The third kappa shape index (κ3) is 2.17. The summed E-state index contributed by atoms with van der Waals surface area (Å²) in [5, 5.41) is 0. The lowest BCUT2D eigenvalue weighted by atomic mass is 10.1. The molecule has 98 valence electrons. The molecule has 18 heavy (non-hydrogen) atoms. The quantitative estimate of drug-likeness (QED) is 0.824. The van der Waals surface area contributed by atoms with Gasteiger partial charge in [-0.1, -0.05) is 6.92 Å². The normalized spacial score (nSPS) is 19.3. The lowest BCUT2D eigenvalue weighted by molar-refractivity contribution is 0.0734. The highest BCUT2D eigenvalue weighted by atomic mass is 19.2. The minimum absolute atomic E-state index is 0.0133. The first-order valence-corrected chi connectivity index (χ1v) is 6.10. The summed E-state index contributed by atoms with van der Waals surface area (Å²) in [6, 6.07) is 1.92. The van der Waals surface area contributed by atoms with Crippen molar-refractivity contribution in [1.29, 1.82) is 0 Å². The first-order chi connectivity index (χ1) is 8.54. The Hall–Kier alpha value is -1.65. The van der Waals surface area contributed by atoms with Gasteiger partial charge in [0.05, 0.1) is 5.56 Å². The summed E-state index contributed by atoms with van der Waals surface area (Å²) >= 11 is 0. The Bertz CT molecular complexity index is 476. The zero-order valence-electron chi connectivity index (χ0n) is 10.2. The van der Waals surface area contributed by atoms with Crippen molar-refractivity contribution < 1.29 is 13.6 Å². The van der Waals surface area contributed by atoms with Crippen LogP contribution in [0.25, 0.3) is 0 Å². The highest BCUT2D eigenvalue weighted by Gasteiger charge is 2.29. The molecule has 0 aromatic heterocycles. The molecule has 1 amide bonds. The van der Waals surface area contributed by atoms with Gasteiger partial charge in [0.2, 0.25) is 0 Å². The van der Waals surface area contributed by atoms with E-state index in [4.69, 9.17) is 5.73 Å². The fraction of sp³-hybridized carbons (Fsp3) is 0.462. The lowest BCUT2D eigenvalue weighted by Crippen LogP contribution is -2.35. The molecule has 1 fully saturated rings. The number of rotatable bonds is 2. The smallest absolute Gasteiger partial charge is 0.256 e. The zero-order valence-corrected chi connectivity index (χ0v) is 10.2. The molecule has 0 aliphatic carbocycles. The highest BCUT2D eigenvalue weighted by molar-refractivity contribution is 5.99. The van der Waals surface area contributed by atoms with Crippen molar-refractivity contribution in [1.82, 2.24) is 4.90 Å². The average Bonchev–Trinajstić information content (AvgIpc) is 2.81. The van der Waals surface area contributed by atoms with Gasteiger partial charge in [0, 0.05) is 24.3 Å². The zero-order chi connectivity index (χ0) is 13.3. The molecule has 2 rings (SSSR count). The van der Waals surface area contributed by atoms with E-state index in [1.165, 1.54) is 0 Å². The second kappa shape index (κ2) is 4.92. The van der Waals surface area contributed by atoms with Gasteiger partial charge in [-0.15, -0.1) is 0 Å². The van der Waals surface area contributed by atoms with Crippen LogP contribution in [0.4, 0.5) is 14.5 Å². The second-order valence-electron chi connectivity index (χ2n) is 4.56. The fourth-order valence-electron chi connectivity index (χ4n) is 2.43. The van der Waals surface area contributed by atoms with Crippen LogP contribution in [0.2, 0.25) is 0 Å². The van der Waals surface area contributed by atoms with E-state index in [2.05, 4.69) is 0 Å². The van der Waals surface area contributed by atoms with Crippen LogP contribution < -0.4 is 5.73 Å². The van der Waals surface area contributed by atoms with Crippen molar-refractivity contribution >= 4 is 11.6 Å². The molecule has 1 aliphatic rings. The van der Waals surface area contributed by atoms with Crippen molar-refractivity contribution in [2.75, 3.05) is 12.3 Å². The number of benzene rings is 1. The number of halogens is 2. The molecular formula is C13H16F2N2O. The van der Waals surface area contributed by atoms with Crippen molar-refractivity contribution in [3.63, 3.8) is 0 Å². The van der Waals surface area contributed by atoms with E-state index in [9.17, 15) is 13.6 Å². The molecule has 1 aromatic carbocycles. The van der Waals surface area contributed by atoms with E-state index in [0.29, 0.717) is 6.54 Å². The molecular weight excluding hydrogens is 238 g/mol. The number of hydrogen-bond acceptors (Lipinski definition) is 2. The molecule has 1 aliphatic heterocycles. The lowest BCUT2D eigenvalue weighted by Gasteiger charge is -2.24. The van der Waals surface area contributed by atoms with E-state index in [-0.39, 0.29) is 23.2 Å². The first-order valence-electron chi connectivity index (χ1n) is 6.10. The minimum atomic E-state index is -1.04. The molecule has 0 saturated carbocycles. The number of nitrogen functional groups attached to an aromatic ring is 1. The number of amides is 1. The van der Waals surface area contributed by atoms with Crippen molar-refractivity contribution in [3.8, 4) is 0 Å². The standard InChI is InChI=1S/C13H16F2N2O/c1-2-8-4-3-5-17(8)13(18)9-6-10(14)11(15)7-12(9)16/h6-8H,2-5,16H2,1H3. The number of hydrogen-bond donors (Lipinski definition) is 1. The van der Waals surface area contributed by atoms with Crippen LogP contribution in [-0.2, 0) is 0 Å². The predicted octanol–water partition coefficient (Wildman–Crippen LogP) is 2.56. The third-order valence-corrected chi connectivity index (χ3v) is 3.43. The van der Waals surface area contributed by atoms with Gasteiger partial charge in [-0.05, 0) is 25.3 Å². The summed E-state index contributed by atoms with van der Waals surface area (Å²) in [4.78, 5) is 14.0. The second-order valence-corrected chi connectivity index (χ2v) is 4.56.